The number of nitrogens with zero attached hydrogens (tertiary/aromatic N) is 3. The van der Waals surface area contributed by atoms with Crippen LogP contribution in [0, 0.1) is 0 Å². The number of hydrogen-bond donors (Lipinski definition) is 0. The zero-order valence-electron chi connectivity index (χ0n) is 13.8. The Kier molecular flexibility index (Phi) is 4.72. The van der Waals surface area contributed by atoms with Crippen molar-refractivity contribution in [2.45, 2.75) is 25.4 Å². The number of amides is 1. The minimum atomic E-state index is 0.121. The molecule has 4 heteroatoms. The molecule has 0 spiro atoms. The van der Waals surface area contributed by atoms with Crippen molar-refractivity contribution >= 4 is 5.91 Å². The molecular formula is C19H23N3O. The summed E-state index contributed by atoms with van der Waals surface area (Å²) in [5, 5.41) is 0. The molecule has 1 aliphatic heterocycles. The molecule has 0 radical (unpaired) electrons. The topological polar surface area (TPSA) is 36.4 Å². The summed E-state index contributed by atoms with van der Waals surface area (Å²) < 4.78 is 0. The number of carbonyl (C=O) groups excluding carboxylic acids is 1. The van der Waals surface area contributed by atoms with Gasteiger partial charge < -0.3 is 4.90 Å². The number of fused-ring (bicyclic) bond motifs is 1. The summed E-state index contributed by atoms with van der Waals surface area (Å²) in [7, 11) is 4.03. The molecular weight excluding hydrogens is 286 g/mol. The lowest BCUT2D eigenvalue weighted by molar-refractivity contribution is -0.130. The molecule has 0 bridgehead atoms. The van der Waals surface area contributed by atoms with Gasteiger partial charge in [0.05, 0.1) is 6.42 Å². The second-order valence-electron chi connectivity index (χ2n) is 6.31. The summed E-state index contributed by atoms with van der Waals surface area (Å²) in [4.78, 5) is 20.8. The van der Waals surface area contributed by atoms with Crippen LogP contribution in [0.2, 0.25) is 0 Å². The van der Waals surface area contributed by atoms with Crippen LogP contribution in [0.15, 0.2) is 48.7 Å². The van der Waals surface area contributed by atoms with Gasteiger partial charge in [-0.3, -0.25) is 14.7 Å². The summed E-state index contributed by atoms with van der Waals surface area (Å²) in [6.07, 6.45) is 3.09. The van der Waals surface area contributed by atoms with E-state index in [1.54, 1.807) is 6.20 Å². The van der Waals surface area contributed by atoms with Crippen LogP contribution >= 0.6 is 0 Å². The third-order valence-electron chi connectivity index (χ3n) is 4.59. The molecule has 23 heavy (non-hydrogen) atoms. The largest absolute Gasteiger partial charge is 0.344 e. The van der Waals surface area contributed by atoms with E-state index in [4.69, 9.17) is 0 Å². The average molecular weight is 309 g/mol. The molecule has 1 aliphatic rings. The zero-order chi connectivity index (χ0) is 16.2. The molecule has 0 fully saturated rings. The van der Waals surface area contributed by atoms with Crippen LogP contribution in [0.25, 0.3) is 0 Å². The third kappa shape index (κ3) is 3.77. The minimum Gasteiger partial charge on any atom is -0.344 e. The lowest BCUT2D eigenvalue weighted by atomic mass is 9.94. The van der Waals surface area contributed by atoms with Crippen molar-refractivity contribution in [3.05, 3.63) is 65.5 Å². The fourth-order valence-electron chi connectivity index (χ4n) is 3.13. The number of aromatic nitrogens is 1. The van der Waals surface area contributed by atoms with E-state index in [0.717, 1.165) is 25.2 Å². The second kappa shape index (κ2) is 6.92. The fraction of sp³-hybridized carbons (Fsp3) is 0.368. The molecule has 1 amide bonds. The van der Waals surface area contributed by atoms with Crippen LogP contribution in [0.5, 0.6) is 0 Å². The molecule has 4 nitrogen and oxygen atoms in total. The summed E-state index contributed by atoms with van der Waals surface area (Å²) >= 11 is 0. The second-order valence-corrected chi connectivity index (χ2v) is 6.31. The first-order valence-electron chi connectivity index (χ1n) is 8.04. The Hall–Kier alpha value is -2.20. The molecule has 0 saturated carbocycles. The van der Waals surface area contributed by atoms with Crippen LogP contribution in [-0.2, 0) is 24.2 Å². The molecule has 3 rings (SSSR count). The van der Waals surface area contributed by atoms with E-state index in [9.17, 15) is 4.79 Å². The van der Waals surface area contributed by atoms with Gasteiger partial charge in [0.15, 0.2) is 0 Å². The smallest absolute Gasteiger partial charge is 0.228 e. The van der Waals surface area contributed by atoms with E-state index in [1.165, 1.54) is 11.1 Å². The Labute approximate surface area is 137 Å². The molecule has 1 aromatic carbocycles. The first-order valence-corrected chi connectivity index (χ1v) is 8.04. The van der Waals surface area contributed by atoms with Gasteiger partial charge in [0.1, 0.15) is 0 Å². The van der Waals surface area contributed by atoms with Gasteiger partial charge in [-0.05, 0) is 36.7 Å². The highest BCUT2D eigenvalue weighted by atomic mass is 16.2. The van der Waals surface area contributed by atoms with Gasteiger partial charge in [0.25, 0.3) is 0 Å². The molecule has 1 aromatic heterocycles. The van der Waals surface area contributed by atoms with Gasteiger partial charge in [-0.25, -0.2) is 0 Å². The maximum Gasteiger partial charge on any atom is 0.228 e. The maximum atomic E-state index is 12.4. The molecule has 2 heterocycles. The van der Waals surface area contributed by atoms with Crippen molar-refractivity contribution in [3.63, 3.8) is 0 Å². The van der Waals surface area contributed by atoms with E-state index < -0.39 is 0 Å². The summed E-state index contributed by atoms with van der Waals surface area (Å²) in [5.74, 6) is 0.121. The highest BCUT2D eigenvalue weighted by Crippen LogP contribution is 2.22. The van der Waals surface area contributed by atoms with Gasteiger partial charge >= 0.3 is 0 Å². The number of rotatable bonds is 4. The normalized spacial score (nSPS) is 17.6. The lowest BCUT2D eigenvalue weighted by Gasteiger charge is -2.36. The standard InChI is InChI=1S/C19H23N3O/c1-21-13-16-8-4-3-7-15(16)11-18(21)14-22(2)19(23)12-17-9-5-6-10-20-17/h3-10,18H,11-14H2,1-2H3/t18-/m0/s1. The summed E-state index contributed by atoms with van der Waals surface area (Å²) in [6, 6.07) is 14.6. The average Bonchev–Trinajstić information content (AvgIpc) is 2.56. The minimum absolute atomic E-state index is 0.121. The van der Waals surface area contributed by atoms with Crippen molar-refractivity contribution in [2.75, 3.05) is 20.6 Å². The van der Waals surface area contributed by atoms with Crippen molar-refractivity contribution in [1.29, 1.82) is 0 Å². The molecule has 1 atom stereocenters. The number of pyridine rings is 1. The van der Waals surface area contributed by atoms with Crippen molar-refractivity contribution in [3.8, 4) is 0 Å². The highest BCUT2D eigenvalue weighted by Gasteiger charge is 2.25. The number of carbonyl (C=O) groups is 1. The van der Waals surface area contributed by atoms with Gasteiger partial charge in [0, 0.05) is 38.1 Å². The summed E-state index contributed by atoms with van der Waals surface area (Å²) in [6.45, 7) is 1.69. The third-order valence-corrected chi connectivity index (χ3v) is 4.59. The zero-order valence-corrected chi connectivity index (χ0v) is 13.8. The van der Waals surface area contributed by atoms with Crippen molar-refractivity contribution < 1.29 is 4.79 Å². The van der Waals surface area contributed by atoms with Gasteiger partial charge in [-0.2, -0.15) is 0 Å². The molecule has 0 unspecified atom stereocenters. The predicted octanol–water partition coefficient (Wildman–Crippen LogP) is 2.14. The SMILES string of the molecule is CN(C[C@@H]1Cc2ccccc2CN1C)C(=O)Cc1ccccn1. The molecule has 0 saturated heterocycles. The predicted molar refractivity (Wildman–Crippen MR) is 91.0 cm³/mol. The fourth-order valence-corrected chi connectivity index (χ4v) is 3.13. The highest BCUT2D eigenvalue weighted by molar-refractivity contribution is 5.78. The van der Waals surface area contributed by atoms with Crippen LogP contribution in [0.4, 0.5) is 0 Å². The van der Waals surface area contributed by atoms with E-state index in [0.29, 0.717) is 12.5 Å². The Morgan fingerprint density at radius 2 is 1.96 bits per heavy atom. The number of likely N-dealkylation sites (N-methyl/N-ethyl adjacent to an activating group) is 2. The van der Waals surface area contributed by atoms with Crippen molar-refractivity contribution in [1.82, 2.24) is 14.8 Å². The van der Waals surface area contributed by atoms with Crippen molar-refractivity contribution in [2.24, 2.45) is 0 Å². The van der Waals surface area contributed by atoms with E-state index in [-0.39, 0.29) is 5.91 Å². The monoisotopic (exact) mass is 309 g/mol. The van der Waals surface area contributed by atoms with Crippen LogP contribution < -0.4 is 0 Å². The molecule has 120 valence electrons. The first kappa shape index (κ1) is 15.7. The Morgan fingerprint density at radius 3 is 2.70 bits per heavy atom. The Bertz CT molecular complexity index is 671. The quantitative estimate of drug-likeness (QED) is 0.868. The van der Waals surface area contributed by atoms with Gasteiger partial charge in [0.2, 0.25) is 5.91 Å². The van der Waals surface area contributed by atoms with E-state index in [1.807, 2.05) is 30.1 Å². The number of benzene rings is 1. The van der Waals surface area contributed by atoms with Gasteiger partial charge in [-0.1, -0.05) is 30.3 Å². The van der Waals surface area contributed by atoms with E-state index >= 15 is 0 Å². The number of hydrogen-bond acceptors (Lipinski definition) is 3. The molecule has 0 aliphatic carbocycles. The van der Waals surface area contributed by atoms with E-state index in [2.05, 4.69) is 41.2 Å². The first-order chi connectivity index (χ1) is 11.1. The van der Waals surface area contributed by atoms with Crippen LogP contribution in [0.1, 0.15) is 16.8 Å². The van der Waals surface area contributed by atoms with Gasteiger partial charge in [-0.15, -0.1) is 0 Å². The molecule has 2 aromatic rings. The van der Waals surface area contributed by atoms with Crippen LogP contribution in [-0.4, -0.2) is 47.4 Å². The lowest BCUT2D eigenvalue weighted by Crippen LogP contribution is -2.46. The van der Waals surface area contributed by atoms with Crippen LogP contribution in [0.3, 0.4) is 0 Å². The molecule has 0 N–H and O–H groups in total. The Balaban J connectivity index is 1.61. The Morgan fingerprint density at radius 1 is 1.22 bits per heavy atom. The maximum absolute atomic E-state index is 12.4. The summed E-state index contributed by atoms with van der Waals surface area (Å²) in [5.41, 5.74) is 3.63.